The molecule has 1 aliphatic heterocycles. The number of nitrogens with zero attached hydrogens (tertiary/aromatic N) is 2. The molecule has 0 bridgehead atoms. The Morgan fingerprint density at radius 2 is 1.80 bits per heavy atom. The first-order chi connectivity index (χ1) is 14.6. The maximum atomic E-state index is 13.0. The molecule has 30 heavy (non-hydrogen) atoms. The molecule has 4 nitrogen and oxygen atoms in total. The standard InChI is InChI=1S/C25H24N2O2S/c1-4-17-10-7-9-13-21(17)26-25-27(3)24(28)23(30-25)16-20-19-12-8-6-11-18(19)14-15-22(20)29-5-2/h6-16H,4-5H2,1-3H3/b23-16+,26-25?. The van der Waals surface area contributed by atoms with Gasteiger partial charge in [0.2, 0.25) is 0 Å². The molecule has 3 aromatic rings. The predicted molar refractivity (Wildman–Crippen MR) is 126 cm³/mol. The van der Waals surface area contributed by atoms with E-state index < -0.39 is 0 Å². The zero-order valence-corrected chi connectivity index (χ0v) is 18.2. The fourth-order valence-corrected chi connectivity index (χ4v) is 4.47. The molecule has 0 radical (unpaired) electrons. The van der Waals surface area contributed by atoms with Crippen molar-refractivity contribution in [3.63, 3.8) is 0 Å². The Hall–Kier alpha value is -3.05. The second-order valence-electron chi connectivity index (χ2n) is 6.98. The van der Waals surface area contributed by atoms with Gasteiger partial charge in [0.25, 0.3) is 5.91 Å². The summed E-state index contributed by atoms with van der Waals surface area (Å²) in [7, 11) is 1.77. The second kappa shape index (κ2) is 8.76. The van der Waals surface area contributed by atoms with Crippen molar-refractivity contribution >= 4 is 45.4 Å². The van der Waals surface area contributed by atoms with Gasteiger partial charge in [-0.3, -0.25) is 9.69 Å². The van der Waals surface area contributed by atoms with E-state index in [0.717, 1.165) is 39.8 Å². The lowest BCUT2D eigenvalue weighted by atomic mass is 10.0. The minimum atomic E-state index is -0.0527. The van der Waals surface area contributed by atoms with E-state index in [-0.39, 0.29) is 5.91 Å². The quantitative estimate of drug-likeness (QED) is 0.477. The maximum Gasteiger partial charge on any atom is 0.266 e. The first-order valence-corrected chi connectivity index (χ1v) is 10.9. The van der Waals surface area contributed by atoms with Gasteiger partial charge >= 0.3 is 0 Å². The lowest BCUT2D eigenvalue weighted by Gasteiger charge is -2.11. The third kappa shape index (κ3) is 3.85. The van der Waals surface area contributed by atoms with Gasteiger partial charge in [0, 0.05) is 12.6 Å². The van der Waals surface area contributed by atoms with Crippen LogP contribution < -0.4 is 4.74 Å². The van der Waals surface area contributed by atoms with Crippen molar-refractivity contribution in [2.45, 2.75) is 20.3 Å². The van der Waals surface area contributed by atoms with Crippen molar-refractivity contribution in [2.24, 2.45) is 4.99 Å². The summed E-state index contributed by atoms with van der Waals surface area (Å²) in [5.74, 6) is 0.726. The number of amides is 1. The number of hydrogen-bond donors (Lipinski definition) is 0. The number of fused-ring (bicyclic) bond motifs is 1. The van der Waals surface area contributed by atoms with Crippen LogP contribution >= 0.6 is 11.8 Å². The van der Waals surface area contributed by atoms with Crippen molar-refractivity contribution in [3.8, 4) is 5.75 Å². The third-order valence-corrected chi connectivity index (χ3v) is 6.16. The highest BCUT2D eigenvalue weighted by Gasteiger charge is 2.31. The predicted octanol–water partition coefficient (Wildman–Crippen LogP) is 6.03. The van der Waals surface area contributed by atoms with Crippen LogP contribution in [0.25, 0.3) is 16.8 Å². The molecule has 0 N–H and O–H groups in total. The van der Waals surface area contributed by atoms with Crippen molar-refractivity contribution in [2.75, 3.05) is 13.7 Å². The third-order valence-electron chi connectivity index (χ3n) is 5.10. The summed E-state index contributed by atoms with van der Waals surface area (Å²) in [5.41, 5.74) is 2.99. The summed E-state index contributed by atoms with van der Waals surface area (Å²) >= 11 is 1.40. The van der Waals surface area contributed by atoms with Crippen LogP contribution in [-0.2, 0) is 11.2 Å². The first kappa shape index (κ1) is 20.2. The van der Waals surface area contributed by atoms with Gasteiger partial charge in [0.05, 0.1) is 17.2 Å². The molecule has 0 unspecified atom stereocenters. The number of benzene rings is 3. The zero-order valence-electron chi connectivity index (χ0n) is 17.4. The number of carbonyl (C=O) groups excluding carboxylic acids is 1. The van der Waals surface area contributed by atoms with E-state index in [4.69, 9.17) is 9.73 Å². The average Bonchev–Trinajstić information content (AvgIpc) is 3.03. The Kier molecular flexibility index (Phi) is 5.91. The van der Waals surface area contributed by atoms with Crippen LogP contribution in [0.2, 0.25) is 0 Å². The average molecular weight is 417 g/mol. The molecule has 152 valence electrons. The second-order valence-corrected chi connectivity index (χ2v) is 7.99. The van der Waals surface area contributed by atoms with Crippen molar-refractivity contribution in [1.29, 1.82) is 0 Å². The van der Waals surface area contributed by atoms with E-state index in [0.29, 0.717) is 16.7 Å². The van der Waals surface area contributed by atoms with E-state index in [1.54, 1.807) is 11.9 Å². The van der Waals surface area contributed by atoms with Crippen LogP contribution in [0, 0.1) is 0 Å². The number of para-hydroxylation sites is 1. The number of aliphatic imine (C=N–C) groups is 1. The number of thioether (sulfide) groups is 1. The summed E-state index contributed by atoms with van der Waals surface area (Å²) in [5, 5.41) is 2.86. The molecule has 5 heteroatoms. The van der Waals surface area contributed by atoms with Crippen LogP contribution in [0.15, 0.2) is 70.6 Å². The zero-order chi connectivity index (χ0) is 21.1. The molecule has 0 saturated carbocycles. The highest BCUT2D eigenvalue weighted by atomic mass is 32.2. The van der Waals surface area contributed by atoms with Crippen LogP contribution in [0.3, 0.4) is 0 Å². The molecule has 0 aliphatic carbocycles. The number of rotatable bonds is 5. The van der Waals surface area contributed by atoms with Gasteiger partial charge in [-0.2, -0.15) is 0 Å². The summed E-state index contributed by atoms with van der Waals surface area (Å²) in [6.07, 6.45) is 2.83. The van der Waals surface area contributed by atoms with Crippen molar-refractivity contribution < 1.29 is 9.53 Å². The Balaban J connectivity index is 1.78. The highest BCUT2D eigenvalue weighted by Crippen LogP contribution is 2.37. The highest BCUT2D eigenvalue weighted by molar-refractivity contribution is 8.18. The molecule has 1 fully saturated rings. The minimum Gasteiger partial charge on any atom is -0.493 e. The number of ether oxygens (including phenoxy) is 1. The molecule has 4 rings (SSSR count). The topological polar surface area (TPSA) is 41.9 Å². The van der Waals surface area contributed by atoms with Gasteiger partial charge in [0.15, 0.2) is 5.17 Å². The number of hydrogen-bond acceptors (Lipinski definition) is 4. The van der Waals surface area contributed by atoms with Crippen molar-refractivity contribution in [3.05, 3.63) is 76.7 Å². The SMILES string of the molecule is CCOc1ccc2ccccc2c1/C=C1/SC(=Nc2ccccc2CC)N(C)C1=O. The monoisotopic (exact) mass is 416 g/mol. The summed E-state index contributed by atoms with van der Waals surface area (Å²) in [6, 6.07) is 20.2. The summed E-state index contributed by atoms with van der Waals surface area (Å²) in [4.78, 5) is 20.0. The van der Waals surface area contributed by atoms with Gasteiger partial charge in [-0.15, -0.1) is 0 Å². The Bertz CT molecular complexity index is 1170. The number of likely N-dealkylation sites (N-methyl/N-ethyl adjacent to an activating group) is 1. The summed E-state index contributed by atoms with van der Waals surface area (Å²) < 4.78 is 5.86. The molecular weight excluding hydrogens is 392 g/mol. The first-order valence-electron chi connectivity index (χ1n) is 10.1. The van der Waals surface area contributed by atoms with Crippen molar-refractivity contribution in [1.82, 2.24) is 4.90 Å². The Morgan fingerprint density at radius 3 is 2.60 bits per heavy atom. The Labute approximate surface area is 181 Å². The van der Waals surface area contributed by atoms with Crippen LogP contribution in [0.4, 0.5) is 5.69 Å². The molecule has 1 heterocycles. The number of aryl methyl sites for hydroxylation is 1. The van der Waals surface area contributed by atoms with E-state index in [1.807, 2.05) is 55.5 Å². The molecule has 1 amide bonds. The van der Waals surface area contributed by atoms with Gasteiger partial charge < -0.3 is 4.74 Å². The smallest absolute Gasteiger partial charge is 0.266 e. The van der Waals surface area contributed by atoms with E-state index in [9.17, 15) is 4.79 Å². The van der Waals surface area contributed by atoms with Gasteiger partial charge in [0.1, 0.15) is 5.75 Å². The van der Waals surface area contributed by atoms with Gasteiger partial charge in [-0.25, -0.2) is 4.99 Å². The lowest BCUT2D eigenvalue weighted by molar-refractivity contribution is -0.121. The molecule has 0 aromatic heterocycles. The van der Waals surface area contributed by atoms with Gasteiger partial charge in [-0.1, -0.05) is 55.5 Å². The molecule has 1 saturated heterocycles. The maximum absolute atomic E-state index is 13.0. The number of carbonyl (C=O) groups is 1. The van der Waals surface area contributed by atoms with Gasteiger partial charge in [-0.05, 0) is 59.7 Å². The van der Waals surface area contributed by atoms with Crippen LogP contribution in [0.5, 0.6) is 5.75 Å². The molecule has 0 spiro atoms. The van der Waals surface area contributed by atoms with Crippen LogP contribution in [0.1, 0.15) is 25.0 Å². The number of amidine groups is 1. The fourth-order valence-electron chi connectivity index (χ4n) is 3.51. The summed E-state index contributed by atoms with van der Waals surface area (Å²) in [6.45, 7) is 4.64. The van der Waals surface area contributed by atoms with E-state index >= 15 is 0 Å². The molecular formula is C25H24N2O2S. The fraction of sp³-hybridized carbons (Fsp3) is 0.200. The van der Waals surface area contributed by atoms with E-state index in [2.05, 4.69) is 25.1 Å². The molecule has 1 aliphatic rings. The molecule has 0 atom stereocenters. The minimum absolute atomic E-state index is 0.0527. The van der Waals surface area contributed by atoms with E-state index in [1.165, 1.54) is 11.8 Å². The Morgan fingerprint density at radius 1 is 1.03 bits per heavy atom. The largest absolute Gasteiger partial charge is 0.493 e. The molecule has 3 aromatic carbocycles. The lowest BCUT2D eigenvalue weighted by Crippen LogP contribution is -2.23. The van der Waals surface area contributed by atoms with Crippen LogP contribution in [-0.4, -0.2) is 29.6 Å². The normalized spacial score (nSPS) is 16.8.